The summed E-state index contributed by atoms with van der Waals surface area (Å²) < 4.78 is 5.41. The van der Waals surface area contributed by atoms with Gasteiger partial charge < -0.3 is 25.4 Å². The van der Waals surface area contributed by atoms with Crippen LogP contribution in [0.3, 0.4) is 0 Å². The summed E-state index contributed by atoms with van der Waals surface area (Å²) in [6.45, 7) is 14.7. The highest BCUT2D eigenvalue weighted by Gasteiger charge is 2.35. The van der Waals surface area contributed by atoms with Gasteiger partial charge in [0.05, 0.1) is 0 Å². The van der Waals surface area contributed by atoms with Gasteiger partial charge in [0, 0.05) is 19.0 Å². The van der Waals surface area contributed by atoms with Crippen molar-refractivity contribution in [2.24, 2.45) is 0 Å². The van der Waals surface area contributed by atoms with E-state index in [1.807, 2.05) is 32.0 Å². The summed E-state index contributed by atoms with van der Waals surface area (Å²) in [4.78, 5) is 41.6. The van der Waals surface area contributed by atoms with Crippen molar-refractivity contribution in [2.75, 3.05) is 6.54 Å². The normalized spacial score (nSPS) is 12.8. The van der Waals surface area contributed by atoms with Crippen LogP contribution in [0.5, 0.6) is 5.75 Å². The number of amides is 3. The van der Waals surface area contributed by atoms with Gasteiger partial charge >= 0.3 is 6.09 Å². The van der Waals surface area contributed by atoms with E-state index >= 15 is 0 Å². The number of nitrogens with one attached hydrogen (secondary N) is 2. The lowest BCUT2D eigenvalue weighted by atomic mass is 9.98. The van der Waals surface area contributed by atoms with Crippen molar-refractivity contribution in [1.82, 2.24) is 15.5 Å². The van der Waals surface area contributed by atoms with Gasteiger partial charge in [-0.1, -0.05) is 43.0 Å². The Morgan fingerprint density at radius 1 is 1.08 bits per heavy atom. The second kappa shape index (κ2) is 12.9. The van der Waals surface area contributed by atoms with Crippen LogP contribution in [0.4, 0.5) is 4.79 Å². The van der Waals surface area contributed by atoms with Gasteiger partial charge in [-0.3, -0.25) is 9.59 Å². The number of hydrogen-bond donors (Lipinski definition) is 3. The van der Waals surface area contributed by atoms with E-state index in [0.29, 0.717) is 5.56 Å². The lowest BCUT2D eigenvalue weighted by molar-refractivity contribution is -0.142. The Morgan fingerprint density at radius 2 is 1.73 bits per heavy atom. The minimum Gasteiger partial charge on any atom is -0.508 e. The molecule has 0 fully saturated rings. The molecule has 2 aromatic carbocycles. The van der Waals surface area contributed by atoms with E-state index in [9.17, 15) is 19.5 Å². The van der Waals surface area contributed by atoms with Crippen LogP contribution in [0.25, 0.3) is 6.08 Å². The molecule has 0 aliphatic carbocycles. The lowest BCUT2D eigenvalue weighted by Gasteiger charge is -2.34. The van der Waals surface area contributed by atoms with E-state index in [2.05, 4.69) is 17.2 Å². The maximum Gasteiger partial charge on any atom is 0.408 e. The van der Waals surface area contributed by atoms with Crippen LogP contribution in [-0.2, 0) is 20.7 Å². The van der Waals surface area contributed by atoms with Crippen LogP contribution < -0.4 is 10.6 Å². The molecule has 37 heavy (non-hydrogen) atoms. The molecule has 8 heteroatoms. The predicted octanol–water partition coefficient (Wildman–Crippen LogP) is 4.59. The van der Waals surface area contributed by atoms with Crippen molar-refractivity contribution >= 4 is 24.0 Å². The van der Waals surface area contributed by atoms with Gasteiger partial charge in [-0.05, 0) is 76.4 Å². The number of rotatable bonds is 10. The van der Waals surface area contributed by atoms with Gasteiger partial charge in [-0.2, -0.15) is 0 Å². The first-order valence-corrected chi connectivity index (χ1v) is 12.4. The topological polar surface area (TPSA) is 108 Å². The quantitative estimate of drug-likeness (QED) is 0.434. The number of ether oxygens (including phenoxy) is 1. The van der Waals surface area contributed by atoms with Crippen LogP contribution in [0.2, 0.25) is 0 Å². The second-order valence-corrected chi connectivity index (χ2v) is 10.1. The molecule has 0 saturated carbocycles. The van der Waals surface area contributed by atoms with Crippen LogP contribution in [0.1, 0.15) is 64.3 Å². The Hall–Kier alpha value is -3.81. The van der Waals surface area contributed by atoms with Crippen molar-refractivity contribution < 1.29 is 24.2 Å². The molecule has 0 bridgehead atoms. The molecule has 0 heterocycles. The van der Waals surface area contributed by atoms with Crippen molar-refractivity contribution in [1.29, 1.82) is 0 Å². The first-order valence-electron chi connectivity index (χ1n) is 12.4. The number of carbonyl (C=O) groups is 3. The Bertz CT molecular complexity index is 1090. The average molecular weight is 510 g/mol. The van der Waals surface area contributed by atoms with Gasteiger partial charge in [-0.15, -0.1) is 0 Å². The molecule has 2 aromatic rings. The molecule has 3 N–H and O–H groups in total. The number of phenols is 1. The Kier molecular flexibility index (Phi) is 10.3. The fraction of sp³-hybridized carbons (Fsp3) is 0.414. The number of phenolic OH excluding ortho intramolecular Hbond substituents is 1. The van der Waals surface area contributed by atoms with Gasteiger partial charge in [0.25, 0.3) is 0 Å². The fourth-order valence-electron chi connectivity index (χ4n) is 3.88. The zero-order valence-electron chi connectivity index (χ0n) is 22.6. The third-order valence-electron chi connectivity index (χ3n) is 5.44. The summed E-state index contributed by atoms with van der Waals surface area (Å²) in [6, 6.07) is 11.6. The summed E-state index contributed by atoms with van der Waals surface area (Å²) in [5.74, 6) is -0.671. The average Bonchev–Trinajstić information content (AvgIpc) is 2.81. The van der Waals surface area contributed by atoms with Crippen molar-refractivity contribution in [3.8, 4) is 5.75 Å². The van der Waals surface area contributed by atoms with Gasteiger partial charge in [0.15, 0.2) is 0 Å². The van der Waals surface area contributed by atoms with Crippen molar-refractivity contribution in [2.45, 2.75) is 71.7 Å². The Labute approximate surface area is 219 Å². The Morgan fingerprint density at radius 3 is 2.27 bits per heavy atom. The van der Waals surface area contributed by atoms with E-state index < -0.39 is 29.7 Å². The summed E-state index contributed by atoms with van der Waals surface area (Å²) in [7, 11) is 0. The van der Waals surface area contributed by atoms with E-state index in [0.717, 1.165) is 11.1 Å². The summed E-state index contributed by atoms with van der Waals surface area (Å²) in [5, 5.41) is 15.3. The molecule has 0 saturated heterocycles. The van der Waals surface area contributed by atoms with E-state index in [1.165, 1.54) is 17.0 Å². The first-order chi connectivity index (χ1) is 17.3. The molecule has 2 unspecified atom stereocenters. The number of aromatic hydroxyl groups is 1. The number of nitrogens with zero attached hydrogens (tertiary/aromatic N) is 1. The predicted molar refractivity (Wildman–Crippen MR) is 145 cm³/mol. The molecule has 2 rings (SSSR count). The fourth-order valence-corrected chi connectivity index (χ4v) is 3.88. The summed E-state index contributed by atoms with van der Waals surface area (Å²) >= 11 is 0. The number of hydrogen-bond acceptors (Lipinski definition) is 5. The molecule has 200 valence electrons. The van der Waals surface area contributed by atoms with Gasteiger partial charge in [0.1, 0.15) is 23.4 Å². The second-order valence-electron chi connectivity index (χ2n) is 10.1. The maximum absolute atomic E-state index is 14.0. The molecular weight excluding hydrogens is 470 g/mol. The molecule has 0 spiro atoms. The number of alkyl carbamates (subject to hydrolysis) is 1. The van der Waals surface area contributed by atoms with Crippen LogP contribution in [0, 0.1) is 0 Å². The van der Waals surface area contributed by atoms with Crippen LogP contribution in [-0.4, -0.2) is 52.1 Å². The van der Waals surface area contributed by atoms with Crippen LogP contribution in [0.15, 0.2) is 55.1 Å². The molecule has 0 aliphatic rings. The molecule has 3 amide bonds. The van der Waals surface area contributed by atoms with Gasteiger partial charge in [-0.25, -0.2) is 4.79 Å². The van der Waals surface area contributed by atoms with Crippen molar-refractivity contribution in [3.05, 3.63) is 71.8 Å². The highest BCUT2D eigenvalue weighted by molar-refractivity contribution is 5.92. The molecule has 0 aliphatic heterocycles. The largest absolute Gasteiger partial charge is 0.508 e. The van der Waals surface area contributed by atoms with E-state index in [1.54, 1.807) is 52.0 Å². The van der Waals surface area contributed by atoms with Crippen molar-refractivity contribution in [3.63, 3.8) is 0 Å². The standard InChI is InChI=1S/C29H39N3O5/c1-8-20-11-10-12-22(17-20)25(26(34)30-19(3)4)32(9-2)27(35)24(31-28(36)37-29(5,6)7)18-21-13-15-23(33)16-14-21/h8,10-17,19,24-25,33H,1,9,18H2,2-7H3,(H,30,34)(H,31,36). The monoisotopic (exact) mass is 509 g/mol. The lowest BCUT2D eigenvalue weighted by Crippen LogP contribution is -2.54. The van der Waals surface area contributed by atoms with E-state index in [4.69, 9.17) is 4.74 Å². The first kappa shape index (κ1) is 29.4. The smallest absolute Gasteiger partial charge is 0.408 e. The zero-order valence-corrected chi connectivity index (χ0v) is 22.6. The number of benzene rings is 2. The molecular formula is C29H39N3O5. The highest BCUT2D eigenvalue weighted by atomic mass is 16.6. The Balaban J connectivity index is 2.50. The highest BCUT2D eigenvalue weighted by Crippen LogP contribution is 2.25. The van der Waals surface area contributed by atoms with Gasteiger partial charge in [0.2, 0.25) is 11.8 Å². The summed E-state index contributed by atoms with van der Waals surface area (Å²) in [5.41, 5.74) is 1.41. The number of carbonyl (C=O) groups excluding carboxylic acids is 3. The zero-order chi connectivity index (χ0) is 27.8. The molecule has 8 nitrogen and oxygen atoms in total. The SMILES string of the molecule is C=Cc1cccc(C(C(=O)NC(C)C)N(CC)C(=O)C(Cc2ccc(O)cc2)NC(=O)OC(C)(C)C)c1. The minimum atomic E-state index is -1.02. The summed E-state index contributed by atoms with van der Waals surface area (Å²) in [6.07, 6.45) is 1.08. The maximum atomic E-state index is 14.0. The van der Waals surface area contributed by atoms with E-state index in [-0.39, 0.29) is 30.7 Å². The number of likely N-dealkylation sites (N-methyl/N-ethyl adjacent to an activating group) is 1. The molecule has 0 aromatic heterocycles. The third-order valence-corrected chi connectivity index (χ3v) is 5.44. The van der Waals surface area contributed by atoms with Crippen LogP contribution >= 0.6 is 0 Å². The molecule has 0 radical (unpaired) electrons. The third kappa shape index (κ3) is 8.97. The minimum absolute atomic E-state index is 0.0921. The molecule has 2 atom stereocenters.